The SMILES string of the molecule is NCC1CC1c1cn[nH]c1C(F)(F)F. The first-order valence-electron chi connectivity index (χ1n) is 4.34. The highest BCUT2D eigenvalue weighted by Crippen LogP contribution is 2.49. The molecule has 1 fully saturated rings. The van der Waals surface area contributed by atoms with Gasteiger partial charge >= 0.3 is 6.18 Å². The van der Waals surface area contributed by atoms with Crippen LogP contribution >= 0.6 is 0 Å². The molecular weight excluding hydrogens is 195 g/mol. The number of aromatic amines is 1. The molecule has 14 heavy (non-hydrogen) atoms. The summed E-state index contributed by atoms with van der Waals surface area (Å²) in [5.74, 6) is 0.129. The van der Waals surface area contributed by atoms with Gasteiger partial charge in [-0.15, -0.1) is 0 Å². The Labute approximate surface area is 78.5 Å². The van der Waals surface area contributed by atoms with Crippen LogP contribution in [0.15, 0.2) is 6.20 Å². The molecule has 2 unspecified atom stereocenters. The van der Waals surface area contributed by atoms with Crippen molar-refractivity contribution in [3.05, 3.63) is 17.5 Å². The zero-order valence-electron chi connectivity index (χ0n) is 7.30. The van der Waals surface area contributed by atoms with Crippen LogP contribution in [0.5, 0.6) is 0 Å². The third kappa shape index (κ3) is 1.50. The average molecular weight is 205 g/mol. The van der Waals surface area contributed by atoms with Gasteiger partial charge in [0.15, 0.2) is 0 Å². The molecule has 3 N–H and O–H groups in total. The van der Waals surface area contributed by atoms with Crippen molar-refractivity contribution in [1.82, 2.24) is 10.2 Å². The molecule has 1 aliphatic carbocycles. The molecule has 2 rings (SSSR count). The zero-order valence-corrected chi connectivity index (χ0v) is 7.30. The first-order valence-corrected chi connectivity index (χ1v) is 4.34. The van der Waals surface area contributed by atoms with E-state index in [9.17, 15) is 13.2 Å². The summed E-state index contributed by atoms with van der Waals surface area (Å²) in [6, 6.07) is 0. The molecule has 78 valence electrons. The molecule has 1 saturated carbocycles. The van der Waals surface area contributed by atoms with Crippen molar-refractivity contribution < 1.29 is 13.2 Å². The predicted molar refractivity (Wildman–Crippen MR) is 43.5 cm³/mol. The van der Waals surface area contributed by atoms with Gasteiger partial charge in [-0.1, -0.05) is 0 Å². The van der Waals surface area contributed by atoms with Crippen molar-refractivity contribution in [2.75, 3.05) is 6.54 Å². The van der Waals surface area contributed by atoms with Gasteiger partial charge in [-0.3, -0.25) is 5.10 Å². The number of H-pyrrole nitrogens is 1. The minimum absolute atomic E-state index is 0.0598. The minimum atomic E-state index is -4.34. The Morgan fingerprint density at radius 1 is 1.57 bits per heavy atom. The second-order valence-electron chi connectivity index (χ2n) is 3.54. The van der Waals surface area contributed by atoms with E-state index in [0.29, 0.717) is 6.54 Å². The summed E-state index contributed by atoms with van der Waals surface area (Å²) in [6.07, 6.45) is -2.35. The Kier molecular flexibility index (Phi) is 2.02. The summed E-state index contributed by atoms with van der Waals surface area (Å²) in [5, 5.41) is 5.43. The molecule has 0 bridgehead atoms. The van der Waals surface area contributed by atoms with Gasteiger partial charge in [-0.05, 0) is 24.8 Å². The topological polar surface area (TPSA) is 54.7 Å². The number of halogens is 3. The van der Waals surface area contributed by atoms with Crippen LogP contribution in [0, 0.1) is 5.92 Å². The molecular formula is C8H10F3N3. The Balaban J connectivity index is 2.24. The van der Waals surface area contributed by atoms with Crippen LogP contribution in [0.3, 0.4) is 0 Å². The normalized spacial score (nSPS) is 26.6. The molecule has 0 aliphatic heterocycles. The van der Waals surface area contributed by atoms with Gasteiger partial charge in [0.25, 0.3) is 0 Å². The first-order chi connectivity index (χ1) is 6.54. The number of hydrogen-bond donors (Lipinski definition) is 2. The highest BCUT2D eigenvalue weighted by molar-refractivity contribution is 5.29. The molecule has 3 nitrogen and oxygen atoms in total. The van der Waals surface area contributed by atoms with Crippen LogP contribution < -0.4 is 5.73 Å². The van der Waals surface area contributed by atoms with Crippen LogP contribution in [0.2, 0.25) is 0 Å². The molecule has 2 atom stereocenters. The number of hydrogen-bond acceptors (Lipinski definition) is 2. The standard InChI is InChI=1S/C8H10F3N3/c9-8(10,11)7-6(3-13-14-7)5-1-4(5)2-12/h3-5H,1-2,12H2,(H,13,14). The van der Waals surface area contributed by atoms with E-state index in [-0.39, 0.29) is 17.4 Å². The van der Waals surface area contributed by atoms with Crippen LogP contribution in [0.25, 0.3) is 0 Å². The molecule has 1 aliphatic rings. The van der Waals surface area contributed by atoms with E-state index in [1.807, 2.05) is 5.10 Å². The maximum atomic E-state index is 12.4. The molecule has 6 heteroatoms. The number of nitrogens with one attached hydrogen (secondary N) is 1. The third-order valence-corrected chi connectivity index (χ3v) is 2.58. The summed E-state index contributed by atoms with van der Waals surface area (Å²) in [7, 11) is 0. The van der Waals surface area contributed by atoms with E-state index in [2.05, 4.69) is 5.10 Å². The lowest BCUT2D eigenvalue weighted by Crippen LogP contribution is -2.09. The van der Waals surface area contributed by atoms with E-state index in [1.165, 1.54) is 6.20 Å². The van der Waals surface area contributed by atoms with Gasteiger partial charge in [0, 0.05) is 5.56 Å². The van der Waals surface area contributed by atoms with Crippen molar-refractivity contribution in [3.63, 3.8) is 0 Å². The van der Waals surface area contributed by atoms with E-state index in [0.717, 1.165) is 6.42 Å². The van der Waals surface area contributed by atoms with E-state index in [1.54, 1.807) is 0 Å². The third-order valence-electron chi connectivity index (χ3n) is 2.58. The molecule has 0 amide bonds. The largest absolute Gasteiger partial charge is 0.433 e. The number of nitrogens with zero attached hydrogens (tertiary/aromatic N) is 1. The lowest BCUT2D eigenvalue weighted by molar-refractivity contribution is -0.141. The Hall–Kier alpha value is -1.04. The smallest absolute Gasteiger partial charge is 0.330 e. The fourth-order valence-corrected chi connectivity index (χ4v) is 1.69. The Morgan fingerprint density at radius 2 is 2.29 bits per heavy atom. The van der Waals surface area contributed by atoms with Crippen molar-refractivity contribution in [1.29, 1.82) is 0 Å². The molecule has 1 aromatic rings. The summed E-state index contributed by atoms with van der Waals surface area (Å²) < 4.78 is 37.2. The fraction of sp³-hybridized carbons (Fsp3) is 0.625. The molecule has 0 aromatic carbocycles. The van der Waals surface area contributed by atoms with Crippen LogP contribution in [0.4, 0.5) is 13.2 Å². The number of nitrogens with two attached hydrogens (primary N) is 1. The van der Waals surface area contributed by atoms with Crippen LogP contribution in [-0.4, -0.2) is 16.7 Å². The van der Waals surface area contributed by atoms with Gasteiger partial charge in [-0.2, -0.15) is 18.3 Å². The van der Waals surface area contributed by atoms with Crippen molar-refractivity contribution in [2.24, 2.45) is 11.7 Å². The van der Waals surface area contributed by atoms with E-state index < -0.39 is 11.9 Å². The quantitative estimate of drug-likeness (QED) is 0.768. The van der Waals surface area contributed by atoms with Gasteiger partial charge in [0.2, 0.25) is 0 Å². The summed E-state index contributed by atoms with van der Waals surface area (Å²) in [4.78, 5) is 0. The van der Waals surface area contributed by atoms with Crippen molar-refractivity contribution >= 4 is 0 Å². The molecule has 0 saturated heterocycles. The average Bonchev–Trinajstić information content (AvgIpc) is 2.70. The lowest BCUT2D eigenvalue weighted by Gasteiger charge is -2.05. The monoisotopic (exact) mass is 205 g/mol. The van der Waals surface area contributed by atoms with Crippen molar-refractivity contribution in [2.45, 2.75) is 18.5 Å². The van der Waals surface area contributed by atoms with Gasteiger partial charge in [0.05, 0.1) is 6.20 Å². The highest BCUT2D eigenvalue weighted by atomic mass is 19.4. The van der Waals surface area contributed by atoms with Crippen molar-refractivity contribution in [3.8, 4) is 0 Å². The van der Waals surface area contributed by atoms with E-state index >= 15 is 0 Å². The molecule has 1 heterocycles. The van der Waals surface area contributed by atoms with Gasteiger partial charge in [0.1, 0.15) is 5.69 Å². The lowest BCUT2D eigenvalue weighted by atomic mass is 10.1. The molecule has 1 aromatic heterocycles. The maximum Gasteiger partial charge on any atom is 0.433 e. The van der Waals surface area contributed by atoms with Gasteiger partial charge < -0.3 is 5.73 Å². The number of alkyl halides is 3. The molecule has 0 spiro atoms. The predicted octanol–water partition coefficient (Wildman–Crippen LogP) is 1.49. The second kappa shape index (κ2) is 2.98. The first kappa shape index (κ1) is 9.51. The minimum Gasteiger partial charge on any atom is -0.330 e. The van der Waals surface area contributed by atoms with Gasteiger partial charge in [-0.25, -0.2) is 0 Å². The van der Waals surface area contributed by atoms with Crippen LogP contribution in [-0.2, 0) is 6.18 Å². The number of aromatic nitrogens is 2. The Morgan fingerprint density at radius 3 is 2.79 bits per heavy atom. The molecule has 0 radical (unpaired) electrons. The highest BCUT2D eigenvalue weighted by Gasteiger charge is 2.45. The Bertz CT molecular complexity index is 331. The van der Waals surface area contributed by atoms with Crippen LogP contribution in [0.1, 0.15) is 23.6 Å². The number of rotatable bonds is 2. The fourth-order valence-electron chi connectivity index (χ4n) is 1.69. The van der Waals surface area contributed by atoms with E-state index in [4.69, 9.17) is 5.73 Å². The maximum absolute atomic E-state index is 12.4. The summed E-state index contributed by atoms with van der Waals surface area (Å²) >= 11 is 0. The summed E-state index contributed by atoms with van der Waals surface area (Å²) in [5.41, 5.74) is 4.91. The summed E-state index contributed by atoms with van der Waals surface area (Å²) in [6.45, 7) is 0.438. The second-order valence-corrected chi connectivity index (χ2v) is 3.54. The zero-order chi connectivity index (χ0) is 10.3.